The zero-order valence-electron chi connectivity index (χ0n) is 10.4. The number of nitrogens with zero attached hydrogens (tertiary/aromatic N) is 2. The number of pyridine rings is 1. The van der Waals surface area contributed by atoms with Gasteiger partial charge in [-0.1, -0.05) is 11.6 Å². The largest absolute Gasteiger partial charge is 0.465 e. The summed E-state index contributed by atoms with van der Waals surface area (Å²) >= 11 is 6.02. The van der Waals surface area contributed by atoms with Crippen LogP contribution in [0.4, 0.5) is 5.69 Å². The van der Waals surface area contributed by atoms with E-state index in [-0.39, 0.29) is 22.5 Å². The third-order valence-electron chi connectivity index (χ3n) is 3.09. The summed E-state index contributed by atoms with van der Waals surface area (Å²) in [6, 6.07) is 1.48. The van der Waals surface area contributed by atoms with Crippen molar-refractivity contribution in [1.82, 2.24) is 4.98 Å². The number of methoxy groups -OCH3 is 1. The van der Waals surface area contributed by atoms with Gasteiger partial charge in [0.15, 0.2) is 5.15 Å². The maximum absolute atomic E-state index is 12.0. The van der Waals surface area contributed by atoms with Crippen LogP contribution < -0.4 is 10.6 Å². The van der Waals surface area contributed by atoms with E-state index in [1.807, 2.05) is 0 Å². The molecule has 1 atom stereocenters. The SMILES string of the molecule is COC(=O)c1ccnc(Cl)c1N1CC(CN)CC1=O. The van der Waals surface area contributed by atoms with Crippen LogP contribution in [0.1, 0.15) is 16.8 Å². The molecule has 0 aliphatic carbocycles. The third kappa shape index (κ3) is 2.54. The Morgan fingerprint density at radius 1 is 1.68 bits per heavy atom. The van der Waals surface area contributed by atoms with Gasteiger partial charge in [-0.15, -0.1) is 0 Å². The Bertz CT molecular complexity index is 521. The number of amides is 1. The summed E-state index contributed by atoms with van der Waals surface area (Å²) < 4.78 is 4.69. The van der Waals surface area contributed by atoms with Crippen LogP contribution in [0, 0.1) is 5.92 Å². The number of carbonyl (C=O) groups is 2. The van der Waals surface area contributed by atoms with E-state index in [4.69, 9.17) is 22.1 Å². The fourth-order valence-corrected chi connectivity index (χ4v) is 2.38. The molecule has 1 aliphatic rings. The van der Waals surface area contributed by atoms with Crippen LogP contribution >= 0.6 is 11.6 Å². The highest BCUT2D eigenvalue weighted by atomic mass is 35.5. The van der Waals surface area contributed by atoms with E-state index >= 15 is 0 Å². The second kappa shape index (κ2) is 5.54. The molecule has 1 aromatic heterocycles. The molecular weight excluding hydrogens is 270 g/mol. The number of rotatable bonds is 3. The Balaban J connectivity index is 2.44. The average molecular weight is 284 g/mol. The Hall–Kier alpha value is -1.66. The van der Waals surface area contributed by atoms with Crippen molar-refractivity contribution in [2.75, 3.05) is 25.1 Å². The summed E-state index contributed by atoms with van der Waals surface area (Å²) in [5, 5.41) is 0.105. The maximum atomic E-state index is 12.0. The first kappa shape index (κ1) is 13.8. The summed E-state index contributed by atoms with van der Waals surface area (Å²) in [6.45, 7) is 0.846. The highest BCUT2D eigenvalue weighted by Crippen LogP contribution is 2.33. The second-order valence-electron chi connectivity index (χ2n) is 4.30. The monoisotopic (exact) mass is 283 g/mol. The predicted octanol–water partition coefficient (Wildman–Crippen LogP) is 0.833. The molecule has 6 nitrogen and oxygen atoms in total. The summed E-state index contributed by atoms with van der Waals surface area (Å²) in [4.78, 5) is 29.1. The fraction of sp³-hybridized carbons (Fsp3) is 0.417. The van der Waals surface area contributed by atoms with Crippen molar-refractivity contribution in [1.29, 1.82) is 0 Å². The Morgan fingerprint density at radius 2 is 2.42 bits per heavy atom. The van der Waals surface area contributed by atoms with Gasteiger partial charge in [0.05, 0.1) is 18.4 Å². The number of nitrogens with two attached hydrogens (primary N) is 1. The van der Waals surface area contributed by atoms with Gasteiger partial charge in [-0.05, 0) is 18.5 Å². The number of anilines is 1. The van der Waals surface area contributed by atoms with E-state index in [1.165, 1.54) is 24.3 Å². The lowest BCUT2D eigenvalue weighted by atomic mass is 10.1. The normalized spacial score (nSPS) is 18.8. The van der Waals surface area contributed by atoms with Crippen LogP contribution in [0.3, 0.4) is 0 Å². The summed E-state index contributed by atoms with van der Waals surface area (Å²) in [5.41, 5.74) is 6.11. The van der Waals surface area contributed by atoms with Crippen LogP contribution in [0.25, 0.3) is 0 Å². The van der Waals surface area contributed by atoms with E-state index in [1.54, 1.807) is 0 Å². The van der Waals surface area contributed by atoms with E-state index in [0.29, 0.717) is 25.2 Å². The first-order chi connectivity index (χ1) is 9.08. The zero-order valence-corrected chi connectivity index (χ0v) is 11.2. The zero-order chi connectivity index (χ0) is 14.0. The molecule has 2 rings (SSSR count). The molecule has 1 unspecified atom stereocenters. The minimum atomic E-state index is -0.553. The first-order valence-electron chi connectivity index (χ1n) is 5.81. The molecule has 102 valence electrons. The topological polar surface area (TPSA) is 85.5 Å². The van der Waals surface area contributed by atoms with Crippen molar-refractivity contribution in [2.24, 2.45) is 11.7 Å². The minimum absolute atomic E-state index is 0.0641. The van der Waals surface area contributed by atoms with E-state index in [0.717, 1.165) is 0 Å². The van der Waals surface area contributed by atoms with Crippen LogP contribution in [-0.4, -0.2) is 37.1 Å². The summed E-state index contributed by atoms with van der Waals surface area (Å²) in [5.74, 6) is -0.604. The van der Waals surface area contributed by atoms with Gasteiger partial charge in [-0.25, -0.2) is 9.78 Å². The average Bonchev–Trinajstić information content (AvgIpc) is 2.78. The molecule has 1 aliphatic heterocycles. The lowest BCUT2D eigenvalue weighted by Crippen LogP contribution is -2.28. The molecule has 2 heterocycles. The number of halogens is 1. The number of hydrogen-bond acceptors (Lipinski definition) is 5. The van der Waals surface area contributed by atoms with Crippen LogP contribution in [-0.2, 0) is 9.53 Å². The molecule has 0 saturated carbocycles. The van der Waals surface area contributed by atoms with E-state index in [2.05, 4.69) is 4.98 Å². The van der Waals surface area contributed by atoms with Crippen molar-refractivity contribution in [2.45, 2.75) is 6.42 Å². The lowest BCUT2D eigenvalue weighted by Gasteiger charge is -2.20. The molecule has 1 aromatic rings. The minimum Gasteiger partial charge on any atom is -0.465 e. The first-order valence-corrected chi connectivity index (χ1v) is 6.19. The summed E-state index contributed by atoms with van der Waals surface area (Å²) in [6.07, 6.45) is 1.75. The van der Waals surface area contributed by atoms with Gasteiger partial charge in [0.25, 0.3) is 0 Å². The lowest BCUT2D eigenvalue weighted by molar-refractivity contribution is -0.117. The molecule has 7 heteroatoms. The molecule has 0 aromatic carbocycles. The van der Waals surface area contributed by atoms with E-state index < -0.39 is 5.97 Å². The van der Waals surface area contributed by atoms with Gasteiger partial charge in [-0.3, -0.25) is 4.79 Å². The molecule has 1 amide bonds. The molecular formula is C12H14ClN3O3. The predicted molar refractivity (Wildman–Crippen MR) is 70.1 cm³/mol. The molecule has 1 saturated heterocycles. The van der Waals surface area contributed by atoms with Crippen LogP contribution in [0.15, 0.2) is 12.3 Å². The molecule has 2 N–H and O–H groups in total. The highest BCUT2D eigenvalue weighted by molar-refractivity contribution is 6.33. The fourth-order valence-electron chi connectivity index (χ4n) is 2.12. The number of esters is 1. The van der Waals surface area contributed by atoms with Crippen molar-refractivity contribution >= 4 is 29.2 Å². The van der Waals surface area contributed by atoms with Gasteiger partial charge in [-0.2, -0.15) is 0 Å². The standard InChI is InChI=1S/C12H14ClN3O3/c1-19-12(18)8-2-3-15-11(13)10(8)16-6-7(5-14)4-9(16)17/h2-3,7H,4-6,14H2,1H3. The number of ether oxygens (including phenoxy) is 1. The van der Waals surface area contributed by atoms with Gasteiger partial charge in [0.2, 0.25) is 5.91 Å². The second-order valence-corrected chi connectivity index (χ2v) is 4.66. The van der Waals surface area contributed by atoms with Gasteiger partial charge < -0.3 is 15.4 Å². The van der Waals surface area contributed by atoms with Crippen molar-refractivity contribution < 1.29 is 14.3 Å². The smallest absolute Gasteiger partial charge is 0.340 e. The van der Waals surface area contributed by atoms with Gasteiger partial charge in [0, 0.05) is 19.2 Å². The molecule has 1 fully saturated rings. The maximum Gasteiger partial charge on any atom is 0.340 e. The molecule has 0 radical (unpaired) electrons. The Morgan fingerprint density at radius 3 is 3.00 bits per heavy atom. The number of carbonyl (C=O) groups excluding carboxylic acids is 2. The molecule has 0 spiro atoms. The summed E-state index contributed by atoms with van der Waals surface area (Å²) in [7, 11) is 1.27. The molecule has 0 bridgehead atoms. The van der Waals surface area contributed by atoms with Crippen molar-refractivity contribution in [3.8, 4) is 0 Å². The molecule has 19 heavy (non-hydrogen) atoms. The van der Waals surface area contributed by atoms with Gasteiger partial charge >= 0.3 is 5.97 Å². The van der Waals surface area contributed by atoms with Crippen LogP contribution in [0.2, 0.25) is 5.15 Å². The van der Waals surface area contributed by atoms with Crippen LogP contribution in [0.5, 0.6) is 0 Å². The number of hydrogen-bond donors (Lipinski definition) is 1. The van der Waals surface area contributed by atoms with Crippen molar-refractivity contribution in [3.05, 3.63) is 23.0 Å². The third-order valence-corrected chi connectivity index (χ3v) is 3.37. The Kier molecular flexibility index (Phi) is 4.01. The highest BCUT2D eigenvalue weighted by Gasteiger charge is 2.33. The van der Waals surface area contributed by atoms with Crippen molar-refractivity contribution in [3.63, 3.8) is 0 Å². The quantitative estimate of drug-likeness (QED) is 0.656. The Labute approximate surface area is 115 Å². The van der Waals surface area contributed by atoms with E-state index in [9.17, 15) is 9.59 Å². The van der Waals surface area contributed by atoms with Gasteiger partial charge in [0.1, 0.15) is 0 Å². The number of aromatic nitrogens is 1.